The number of benzene rings is 1. The number of nitrogens with one attached hydrogen (secondary N) is 1. The van der Waals surface area contributed by atoms with Crippen LogP contribution >= 0.6 is 0 Å². The van der Waals surface area contributed by atoms with E-state index in [4.69, 9.17) is 4.74 Å². The Hall–Kier alpha value is -2.71. The number of allylic oxidation sites excluding steroid dienone is 1. The monoisotopic (exact) mass is 452 g/mol. The Balaban J connectivity index is 1.14. The van der Waals surface area contributed by atoms with Crippen LogP contribution in [0.4, 0.5) is 0 Å². The van der Waals surface area contributed by atoms with Gasteiger partial charge in [0.05, 0.1) is 19.7 Å². The van der Waals surface area contributed by atoms with Gasteiger partial charge >= 0.3 is 0 Å². The van der Waals surface area contributed by atoms with Gasteiger partial charge in [-0.2, -0.15) is 0 Å². The van der Waals surface area contributed by atoms with E-state index in [9.17, 15) is 14.7 Å². The molecule has 2 fully saturated rings. The maximum absolute atomic E-state index is 13.1. The smallest absolute Gasteiger partial charge is 0.240 e. The summed E-state index contributed by atoms with van der Waals surface area (Å²) in [5.74, 6) is 1.73. The molecule has 5 rings (SSSR count). The number of hydrogen-bond acceptors (Lipinski definition) is 7. The van der Waals surface area contributed by atoms with E-state index >= 15 is 0 Å². The third-order valence-electron chi connectivity index (χ3n) is 7.47. The van der Waals surface area contributed by atoms with Crippen molar-refractivity contribution < 1.29 is 19.4 Å². The highest BCUT2D eigenvalue weighted by molar-refractivity contribution is 5.98. The van der Waals surface area contributed by atoms with Crippen molar-refractivity contribution in [3.63, 3.8) is 0 Å². The Labute approximate surface area is 194 Å². The first-order valence-corrected chi connectivity index (χ1v) is 12.0. The highest BCUT2D eigenvalue weighted by Gasteiger charge is 2.39. The summed E-state index contributed by atoms with van der Waals surface area (Å²) in [4.78, 5) is 34.5. The third kappa shape index (κ3) is 4.42. The molecule has 33 heavy (non-hydrogen) atoms. The number of ketones is 1. The predicted octanol–water partition coefficient (Wildman–Crippen LogP) is 1.95. The zero-order chi connectivity index (χ0) is 22.9. The molecule has 2 atom stereocenters. The third-order valence-corrected chi connectivity index (χ3v) is 7.47. The van der Waals surface area contributed by atoms with Crippen molar-refractivity contribution in [2.24, 2.45) is 10.9 Å². The van der Waals surface area contributed by atoms with Gasteiger partial charge in [0.15, 0.2) is 12.0 Å². The lowest BCUT2D eigenvalue weighted by Crippen LogP contribution is -2.48. The van der Waals surface area contributed by atoms with Gasteiger partial charge in [0.1, 0.15) is 11.6 Å². The van der Waals surface area contributed by atoms with E-state index in [1.54, 1.807) is 7.11 Å². The number of aliphatic hydroxyl groups excluding tert-OH is 1. The molecule has 176 valence electrons. The zero-order valence-corrected chi connectivity index (χ0v) is 19.1. The number of amidine groups is 1. The van der Waals surface area contributed by atoms with Crippen LogP contribution in [-0.4, -0.2) is 78.0 Å². The minimum absolute atomic E-state index is 0.00147. The molecule has 2 N–H and O–H groups in total. The standard InChI is InChI=1S/C25H32N4O4/c1-33-18-7-5-16(6-8-18)23(30)17-9-12-28(13-10-17)21-11-14-29(25(21)32)15-22-26-20-4-2-3-19(20)24(31)27-22/h5-8,17,21,24,31H,2-4,9-15H2,1H3,(H,26,27). The molecule has 1 aromatic rings. The summed E-state index contributed by atoms with van der Waals surface area (Å²) in [5.41, 5.74) is 2.80. The molecule has 3 heterocycles. The number of ether oxygens (including phenoxy) is 1. The van der Waals surface area contributed by atoms with Crippen LogP contribution in [0.1, 0.15) is 48.9 Å². The summed E-state index contributed by atoms with van der Waals surface area (Å²) >= 11 is 0. The van der Waals surface area contributed by atoms with Crippen LogP contribution in [0.25, 0.3) is 0 Å². The number of rotatable bonds is 6. The molecule has 1 aromatic carbocycles. The van der Waals surface area contributed by atoms with Gasteiger partial charge in [-0.25, -0.2) is 4.99 Å². The van der Waals surface area contributed by atoms with Crippen LogP contribution in [0, 0.1) is 5.92 Å². The number of aliphatic hydroxyl groups is 1. The molecule has 0 saturated carbocycles. The number of amides is 1. The minimum atomic E-state index is -0.769. The van der Waals surface area contributed by atoms with Gasteiger partial charge in [0.25, 0.3) is 0 Å². The van der Waals surface area contributed by atoms with E-state index in [0.717, 1.165) is 74.2 Å². The lowest BCUT2D eigenvalue weighted by atomic mass is 9.88. The van der Waals surface area contributed by atoms with E-state index < -0.39 is 6.23 Å². The average Bonchev–Trinajstić information content (AvgIpc) is 3.46. The second kappa shape index (κ2) is 9.27. The molecule has 0 aromatic heterocycles. The molecule has 1 aliphatic carbocycles. The first-order chi connectivity index (χ1) is 16.0. The fourth-order valence-corrected chi connectivity index (χ4v) is 5.57. The number of likely N-dealkylation sites (tertiary alicyclic amines) is 2. The summed E-state index contributed by atoms with van der Waals surface area (Å²) in [6.07, 6.45) is 4.43. The summed E-state index contributed by atoms with van der Waals surface area (Å²) in [5, 5.41) is 13.6. The summed E-state index contributed by atoms with van der Waals surface area (Å²) in [6.45, 7) is 2.61. The molecule has 0 bridgehead atoms. The molecule has 2 saturated heterocycles. The lowest BCUT2D eigenvalue weighted by molar-refractivity contribution is -0.132. The normalized spacial score (nSPS) is 26.3. The van der Waals surface area contributed by atoms with Gasteiger partial charge in [0, 0.05) is 23.7 Å². The Morgan fingerprint density at radius 3 is 2.64 bits per heavy atom. The highest BCUT2D eigenvalue weighted by atomic mass is 16.5. The van der Waals surface area contributed by atoms with Crippen molar-refractivity contribution in [1.82, 2.24) is 15.1 Å². The lowest BCUT2D eigenvalue weighted by Gasteiger charge is -2.34. The maximum atomic E-state index is 13.1. The number of piperidine rings is 1. The van der Waals surface area contributed by atoms with Gasteiger partial charge in [-0.1, -0.05) is 0 Å². The molecule has 4 aliphatic rings. The van der Waals surface area contributed by atoms with E-state index in [1.807, 2.05) is 29.2 Å². The summed E-state index contributed by atoms with van der Waals surface area (Å²) < 4.78 is 5.18. The summed E-state index contributed by atoms with van der Waals surface area (Å²) in [6, 6.07) is 7.17. The average molecular weight is 453 g/mol. The fourth-order valence-electron chi connectivity index (χ4n) is 5.57. The molecular formula is C25H32N4O4. The van der Waals surface area contributed by atoms with Gasteiger partial charge in [-0.15, -0.1) is 0 Å². The van der Waals surface area contributed by atoms with Gasteiger partial charge in [-0.3, -0.25) is 14.5 Å². The Morgan fingerprint density at radius 2 is 1.91 bits per heavy atom. The Morgan fingerprint density at radius 1 is 1.15 bits per heavy atom. The van der Waals surface area contributed by atoms with E-state index in [0.29, 0.717) is 18.9 Å². The molecule has 8 heteroatoms. The SMILES string of the molecule is COc1ccc(C(=O)C2CCN(C3CCN(CC4=NC(O)C5=C(CCC5)N4)C3=O)CC2)cc1. The number of hydrogen-bond donors (Lipinski definition) is 2. The Kier molecular flexibility index (Phi) is 6.21. The van der Waals surface area contributed by atoms with Crippen LogP contribution < -0.4 is 10.1 Å². The van der Waals surface area contributed by atoms with Crippen LogP contribution in [0.3, 0.4) is 0 Å². The van der Waals surface area contributed by atoms with Crippen molar-refractivity contribution in [3.05, 3.63) is 41.1 Å². The zero-order valence-electron chi connectivity index (χ0n) is 19.1. The molecule has 8 nitrogen and oxygen atoms in total. The second-order valence-corrected chi connectivity index (χ2v) is 9.40. The van der Waals surface area contributed by atoms with Crippen LogP contribution in [-0.2, 0) is 4.79 Å². The molecule has 1 amide bonds. The van der Waals surface area contributed by atoms with Gasteiger partial charge < -0.3 is 20.1 Å². The Bertz CT molecular complexity index is 979. The number of aliphatic imine (C=N–C) groups is 1. The highest BCUT2D eigenvalue weighted by Crippen LogP contribution is 2.30. The van der Waals surface area contributed by atoms with Crippen molar-refractivity contribution in [3.8, 4) is 5.75 Å². The van der Waals surface area contributed by atoms with E-state index in [-0.39, 0.29) is 23.7 Å². The molecule has 0 spiro atoms. The number of carbonyl (C=O) groups is 2. The van der Waals surface area contributed by atoms with E-state index in [2.05, 4.69) is 15.2 Å². The first kappa shape index (κ1) is 22.1. The van der Waals surface area contributed by atoms with Crippen molar-refractivity contribution in [2.45, 2.75) is 50.8 Å². The van der Waals surface area contributed by atoms with Crippen LogP contribution in [0.5, 0.6) is 5.75 Å². The summed E-state index contributed by atoms with van der Waals surface area (Å²) in [7, 11) is 1.61. The molecular weight excluding hydrogens is 420 g/mol. The van der Waals surface area contributed by atoms with Crippen molar-refractivity contribution in [1.29, 1.82) is 0 Å². The number of Topliss-reactive ketones (excluding diaryl/α,β-unsaturated/α-hetero) is 1. The second-order valence-electron chi connectivity index (χ2n) is 9.40. The topological polar surface area (TPSA) is 94.5 Å². The molecule has 0 radical (unpaired) electrons. The number of carbonyl (C=O) groups excluding carboxylic acids is 2. The molecule has 3 aliphatic heterocycles. The fraction of sp³-hybridized carbons (Fsp3) is 0.560. The quantitative estimate of drug-likeness (QED) is 0.641. The predicted molar refractivity (Wildman–Crippen MR) is 124 cm³/mol. The largest absolute Gasteiger partial charge is 0.497 e. The van der Waals surface area contributed by atoms with Gasteiger partial charge in [0.2, 0.25) is 5.91 Å². The van der Waals surface area contributed by atoms with Crippen LogP contribution in [0.2, 0.25) is 0 Å². The maximum Gasteiger partial charge on any atom is 0.240 e. The van der Waals surface area contributed by atoms with Crippen molar-refractivity contribution >= 4 is 17.5 Å². The van der Waals surface area contributed by atoms with Crippen LogP contribution in [0.15, 0.2) is 40.5 Å². The first-order valence-electron chi connectivity index (χ1n) is 12.0. The van der Waals surface area contributed by atoms with Gasteiger partial charge in [-0.05, 0) is 81.5 Å². The number of methoxy groups -OCH3 is 1. The minimum Gasteiger partial charge on any atom is -0.497 e. The van der Waals surface area contributed by atoms with E-state index in [1.165, 1.54) is 0 Å². The molecule has 2 unspecified atom stereocenters. The number of nitrogens with zero attached hydrogens (tertiary/aromatic N) is 3. The van der Waals surface area contributed by atoms with Crippen molar-refractivity contribution in [2.75, 3.05) is 33.3 Å².